The van der Waals surface area contributed by atoms with Crippen molar-refractivity contribution in [2.75, 3.05) is 0 Å². The maximum atomic E-state index is 5.92. The minimum absolute atomic E-state index is 0.406. The molecule has 0 N–H and O–H groups in total. The summed E-state index contributed by atoms with van der Waals surface area (Å²) in [7, 11) is 0. The largest absolute Gasteiger partial charge is 0.457 e. The second-order valence-electron chi connectivity index (χ2n) is 3.33. The minimum atomic E-state index is 0.406. The summed E-state index contributed by atoms with van der Waals surface area (Å²) in [5.74, 6) is 1.38. The Labute approximate surface area is 104 Å². The van der Waals surface area contributed by atoms with Crippen LogP contribution in [0.25, 0.3) is 0 Å². The maximum Gasteiger partial charge on any atom is 0.132 e. The van der Waals surface area contributed by atoms with Gasteiger partial charge in [0.2, 0.25) is 0 Å². The fraction of sp³-hybridized carbons (Fsp3) is 0.0833. The molecule has 0 aliphatic rings. The van der Waals surface area contributed by atoms with Gasteiger partial charge in [-0.3, -0.25) is 0 Å². The molecule has 1 heterocycles. The topological polar surface area (TPSA) is 22.1 Å². The molecule has 82 valence electrons. The molecule has 0 unspecified atom stereocenters. The highest BCUT2D eigenvalue weighted by Gasteiger charge is 2.01. The third-order valence-electron chi connectivity index (χ3n) is 2.06. The van der Waals surface area contributed by atoms with Crippen molar-refractivity contribution in [2.24, 2.45) is 0 Å². The lowest BCUT2D eigenvalue weighted by atomic mass is 10.2. The zero-order valence-electron chi connectivity index (χ0n) is 8.58. The van der Waals surface area contributed by atoms with Gasteiger partial charge < -0.3 is 4.74 Å². The van der Waals surface area contributed by atoms with Gasteiger partial charge in [0.15, 0.2) is 0 Å². The minimum Gasteiger partial charge on any atom is -0.457 e. The fourth-order valence-electron chi connectivity index (χ4n) is 1.26. The van der Waals surface area contributed by atoms with Crippen LogP contribution in [0, 0.1) is 6.92 Å². The number of aromatic nitrogens is 1. The van der Waals surface area contributed by atoms with Crippen molar-refractivity contribution in [2.45, 2.75) is 6.92 Å². The molecule has 0 saturated carbocycles. The standard InChI is InChI=1S/C12H9Cl2NO/c1-8-6-9(2-3-11(8)13)16-10-4-5-15-12(14)7-10/h2-7H,1H3. The Morgan fingerprint density at radius 2 is 1.81 bits per heavy atom. The molecule has 1 aromatic heterocycles. The summed E-state index contributed by atoms with van der Waals surface area (Å²) in [6.45, 7) is 1.93. The van der Waals surface area contributed by atoms with Crippen LogP contribution >= 0.6 is 23.2 Å². The molecule has 0 fully saturated rings. The molecule has 0 amide bonds. The van der Waals surface area contributed by atoms with Crippen LogP contribution in [0.4, 0.5) is 0 Å². The van der Waals surface area contributed by atoms with E-state index in [2.05, 4.69) is 4.98 Å². The summed E-state index contributed by atoms with van der Waals surface area (Å²) >= 11 is 11.7. The fourth-order valence-corrected chi connectivity index (χ4v) is 1.55. The summed E-state index contributed by atoms with van der Waals surface area (Å²) in [4.78, 5) is 3.88. The Morgan fingerprint density at radius 1 is 1.06 bits per heavy atom. The summed E-state index contributed by atoms with van der Waals surface area (Å²) in [6, 6.07) is 8.89. The van der Waals surface area contributed by atoms with Crippen LogP contribution in [0.15, 0.2) is 36.5 Å². The lowest BCUT2D eigenvalue weighted by molar-refractivity contribution is 0.481. The monoisotopic (exact) mass is 253 g/mol. The zero-order valence-corrected chi connectivity index (χ0v) is 10.1. The van der Waals surface area contributed by atoms with Gasteiger partial charge in [0.05, 0.1) is 0 Å². The molecule has 2 aromatic rings. The van der Waals surface area contributed by atoms with Crippen molar-refractivity contribution in [1.29, 1.82) is 0 Å². The van der Waals surface area contributed by atoms with Gasteiger partial charge in [-0.1, -0.05) is 23.2 Å². The number of ether oxygens (including phenoxy) is 1. The first-order valence-electron chi connectivity index (χ1n) is 4.71. The molecule has 0 radical (unpaired) electrons. The Hall–Kier alpha value is -1.25. The lowest BCUT2D eigenvalue weighted by Gasteiger charge is -2.07. The van der Waals surface area contributed by atoms with Crippen LogP contribution < -0.4 is 4.74 Å². The van der Waals surface area contributed by atoms with E-state index in [9.17, 15) is 0 Å². The van der Waals surface area contributed by atoms with Gasteiger partial charge in [-0.2, -0.15) is 0 Å². The summed E-state index contributed by atoms with van der Waals surface area (Å²) < 4.78 is 5.61. The van der Waals surface area contributed by atoms with Crippen molar-refractivity contribution in [3.8, 4) is 11.5 Å². The molecule has 2 nitrogen and oxygen atoms in total. The number of aryl methyl sites for hydroxylation is 1. The van der Waals surface area contributed by atoms with E-state index in [4.69, 9.17) is 27.9 Å². The smallest absolute Gasteiger partial charge is 0.132 e. The molecule has 0 aliphatic heterocycles. The first-order chi connectivity index (χ1) is 7.65. The average molecular weight is 254 g/mol. The molecule has 0 spiro atoms. The van der Waals surface area contributed by atoms with Crippen molar-refractivity contribution < 1.29 is 4.74 Å². The van der Waals surface area contributed by atoms with E-state index in [0.717, 1.165) is 16.3 Å². The predicted octanol–water partition coefficient (Wildman–Crippen LogP) is 4.49. The van der Waals surface area contributed by atoms with E-state index in [1.165, 1.54) is 0 Å². The number of benzene rings is 1. The number of rotatable bonds is 2. The Morgan fingerprint density at radius 3 is 2.50 bits per heavy atom. The summed E-state index contributed by atoms with van der Waals surface area (Å²) in [5, 5.41) is 1.13. The lowest BCUT2D eigenvalue weighted by Crippen LogP contribution is -1.86. The van der Waals surface area contributed by atoms with Gasteiger partial charge in [0.25, 0.3) is 0 Å². The Bertz CT molecular complexity index is 514. The Kier molecular flexibility index (Phi) is 3.32. The highest BCUT2D eigenvalue weighted by atomic mass is 35.5. The second kappa shape index (κ2) is 4.73. The van der Waals surface area contributed by atoms with Gasteiger partial charge in [-0.25, -0.2) is 4.98 Å². The molecule has 0 aliphatic carbocycles. The third-order valence-corrected chi connectivity index (χ3v) is 2.69. The van der Waals surface area contributed by atoms with Crippen LogP contribution in [0.1, 0.15) is 5.56 Å². The van der Waals surface area contributed by atoms with Crippen LogP contribution in [0.3, 0.4) is 0 Å². The summed E-state index contributed by atoms with van der Waals surface area (Å²) in [6.07, 6.45) is 1.60. The molecule has 4 heteroatoms. The van der Waals surface area contributed by atoms with Gasteiger partial charge in [-0.05, 0) is 36.8 Å². The molecule has 1 aromatic carbocycles. The average Bonchev–Trinajstić information content (AvgIpc) is 2.24. The SMILES string of the molecule is Cc1cc(Oc2ccnc(Cl)c2)ccc1Cl. The molecule has 0 bridgehead atoms. The maximum absolute atomic E-state index is 5.92. The highest BCUT2D eigenvalue weighted by molar-refractivity contribution is 6.31. The van der Waals surface area contributed by atoms with Gasteiger partial charge in [0, 0.05) is 17.3 Å². The summed E-state index contributed by atoms with van der Waals surface area (Å²) in [5.41, 5.74) is 0.972. The van der Waals surface area contributed by atoms with E-state index >= 15 is 0 Å². The number of hydrogen-bond acceptors (Lipinski definition) is 2. The van der Waals surface area contributed by atoms with Crippen molar-refractivity contribution in [3.05, 3.63) is 52.3 Å². The van der Waals surface area contributed by atoms with Gasteiger partial charge in [0.1, 0.15) is 16.7 Å². The first-order valence-corrected chi connectivity index (χ1v) is 5.46. The number of halogens is 2. The molecule has 16 heavy (non-hydrogen) atoms. The van der Waals surface area contributed by atoms with Crippen LogP contribution in [0.2, 0.25) is 10.2 Å². The van der Waals surface area contributed by atoms with E-state index in [1.54, 1.807) is 24.4 Å². The zero-order chi connectivity index (χ0) is 11.5. The van der Waals surface area contributed by atoms with Crippen molar-refractivity contribution >= 4 is 23.2 Å². The number of hydrogen-bond donors (Lipinski definition) is 0. The van der Waals surface area contributed by atoms with Crippen LogP contribution in [-0.4, -0.2) is 4.98 Å². The predicted molar refractivity (Wildman–Crippen MR) is 65.5 cm³/mol. The molecule has 0 saturated heterocycles. The highest BCUT2D eigenvalue weighted by Crippen LogP contribution is 2.26. The molecular formula is C12H9Cl2NO. The van der Waals surface area contributed by atoms with E-state index in [0.29, 0.717) is 10.9 Å². The van der Waals surface area contributed by atoms with Gasteiger partial charge >= 0.3 is 0 Å². The molecule has 2 rings (SSSR count). The van der Waals surface area contributed by atoms with Crippen molar-refractivity contribution in [1.82, 2.24) is 4.98 Å². The normalized spacial score (nSPS) is 10.2. The number of nitrogens with zero attached hydrogens (tertiary/aromatic N) is 1. The number of pyridine rings is 1. The second-order valence-corrected chi connectivity index (χ2v) is 4.12. The van der Waals surface area contributed by atoms with E-state index in [1.807, 2.05) is 19.1 Å². The van der Waals surface area contributed by atoms with Gasteiger partial charge in [-0.15, -0.1) is 0 Å². The quantitative estimate of drug-likeness (QED) is 0.736. The first kappa shape index (κ1) is 11.2. The van der Waals surface area contributed by atoms with Crippen LogP contribution in [-0.2, 0) is 0 Å². The van der Waals surface area contributed by atoms with E-state index in [-0.39, 0.29) is 0 Å². The van der Waals surface area contributed by atoms with Crippen molar-refractivity contribution in [3.63, 3.8) is 0 Å². The molecular weight excluding hydrogens is 245 g/mol. The third kappa shape index (κ3) is 2.65. The van der Waals surface area contributed by atoms with Crippen LogP contribution in [0.5, 0.6) is 11.5 Å². The van der Waals surface area contributed by atoms with E-state index < -0.39 is 0 Å². The Balaban J connectivity index is 2.24. The molecule has 0 atom stereocenters.